The fourth-order valence-electron chi connectivity index (χ4n) is 3.13. The number of hydrogen-bond donors (Lipinski definition) is 1. The van der Waals surface area contributed by atoms with Crippen LogP contribution in [0.3, 0.4) is 0 Å². The van der Waals surface area contributed by atoms with Gasteiger partial charge in [0.2, 0.25) is 0 Å². The second-order valence-corrected chi connectivity index (χ2v) is 6.34. The average Bonchev–Trinajstić information content (AvgIpc) is 2.41. The fraction of sp³-hybridized carbons (Fsp3) is 0.562. The van der Waals surface area contributed by atoms with E-state index >= 15 is 0 Å². The molecule has 1 aromatic carbocycles. The predicted molar refractivity (Wildman–Crippen MR) is 80.7 cm³/mol. The van der Waals surface area contributed by atoms with E-state index in [0.29, 0.717) is 17.9 Å². The van der Waals surface area contributed by atoms with Crippen molar-refractivity contribution in [3.8, 4) is 0 Å². The van der Waals surface area contributed by atoms with Gasteiger partial charge in [-0.15, -0.1) is 0 Å². The number of halogens is 1. The molecule has 4 nitrogen and oxygen atoms in total. The third-order valence-electron chi connectivity index (χ3n) is 4.72. The Morgan fingerprint density at radius 2 is 2.05 bits per heavy atom. The van der Waals surface area contributed by atoms with E-state index in [4.69, 9.17) is 16.3 Å². The van der Waals surface area contributed by atoms with Crippen LogP contribution in [0.2, 0.25) is 5.02 Å². The number of carbonyl (C=O) groups is 1. The summed E-state index contributed by atoms with van der Waals surface area (Å²) >= 11 is 6.39. The summed E-state index contributed by atoms with van der Waals surface area (Å²) in [7, 11) is 0. The highest BCUT2D eigenvalue weighted by Crippen LogP contribution is 2.44. The summed E-state index contributed by atoms with van der Waals surface area (Å²) in [5.41, 5.74) is 1.19. The number of aliphatic carboxylic acids is 1. The first-order valence-electron chi connectivity index (χ1n) is 7.44. The van der Waals surface area contributed by atoms with Crippen LogP contribution in [0, 0.1) is 0 Å². The summed E-state index contributed by atoms with van der Waals surface area (Å²) in [5.74, 6) is -0.731. The van der Waals surface area contributed by atoms with Crippen LogP contribution in [-0.2, 0) is 21.5 Å². The fourth-order valence-corrected chi connectivity index (χ4v) is 3.37. The van der Waals surface area contributed by atoms with Gasteiger partial charge in [0.15, 0.2) is 0 Å². The molecule has 1 heterocycles. The molecule has 0 amide bonds. The Kier molecular flexibility index (Phi) is 4.20. The molecule has 1 saturated carbocycles. The Hall–Kier alpha value is -1.10. The van der Waals surface area contributed by atoms with Crippen LogP contribution in [0.1, 0.15) is 30.4 Å². The lowest BCUT2D eigenvalue weighted by Crippen LogP contribution is -2.42. The number of ether oxygens (including phenoxy) is 1. The largest absolute Gasteiger partial charge is 0.481 e. The first kappa shape index (κ1) is 14.8. The van der Waals surface area contributed by atoms with E-state index < -0.39 is 11.4 Å². The molecule has 0 unspecified atom stereocenters. The molecular weight excluding hydrogens is 290 g/mol. The van der Waals surface area contributed by atoms with E-state index in [2.05, 4.69) is 4.90 Å². The minimum absolute atomic E-state index is 0.673. The Balaban J connectivity index is 1.78. The van der Waals surface area contributed by atoms with E-state index in [1.807, 2.05) is 18.2 Å². The third-order valence-corrected chi connectivity index (χ3v) is 5.07. The number of rotatable bonds is 4. The Morgan fingerprint density at radius 3 is 2.57 bits per heavy atom. The van der Waals surface area contributed by atoms with E-state index in [1.54, 1.807) is 0 Å². The molecule has 2 fully saturated rings. The molecule has 0 spiro atoms. The second kappa shape index (κ2) is 5.95. The number of nitrogens with zero attached hydrogens (tertiary/aromatic N) is 1. The van der Waals surface area contributed by atoms with Crippen LogP contribution in [0.15, 0.2) is 18.2 Å². The summed E-state index contributed by atoms with van der Waals surface area (Å²) in [5, 5.41) is 10.2. The molecule has 1 N–H and O–H groups in total. The molecule has 1 aromatic rings. The van der Waals surface area contributed by atoms with Gasteiger partial charge in [0, 0.05) is 24.7 Å². The van der Waals surface area contributed by atoms with Crippen LogP contribution in [-0.4, -0.2) is 42.3 Å². The maximum Gasteiger partial charge on any atom is 0.314 e. The van der Waals surface area contributed by atoms with Crippen molar-refractivity contribution in [3.63, 3.8) is 0 Å². The van der Waals surface area contributed by atoms with Crippen LogP contribution in [0.4, 0.5) is 0 Å². The van der Waals surface area contributed by atoms with Crippen molar-refractivity contribution >= 4 is 17.6 Å². The number of benzene rings is 1. The van der Waals surface area contributed by atoms with Crippen LogP contribution in [0.25, 0.3) is 0 Å². The van der Waals surface area contributed by atoms with Crippen molar-refractivity contribution in [1.82, 2.24) is 4.90 Å². The first-order valence-corrected chi connectivity index (χ1v) is 7.82. The zero-order valence-corrected chi connectivity index (χ0v) is 12.7. The van der Waals surface area contributed by atoms with Crippen molar-refractivity contribution in [1.29, 1.82) is 0 Å². The maximum absolute atomic E-state index is 11.6. The minimum atomic E-state index is -0.731. The standard InChI is InChI=1S/C16H20ClNO3/c17-14-10-13(16(15(19)20)4-1-5-16)3-2-12(14)11-18-6-8-21-9-7-18/h2-3,10H,1,4-9,11H2,(H,19,20). The molecule has 1 saturated heterocycles. The quantitative estimate of drug-likeness (QED) is 0.929. The molecular formula is C16H20ClNO3. The van der Waals surface area contributed by atoms with E-state index in [0.717, 1.165) is 50.4 Å². The number of carboxylic acid groups (broad SMARTS) is 1. The molecule has 3 rings (SSSR count). The lowest BCUT2D eigenvalue weighted by molar-refractivity contribution is -0.147. The van der Waals surface area contributed by atoms with Crippen molar-refractivity contribution < 1.29 is 14.6 Å². The average molecular weight is 310 g/mol. The molecule has 21 heavy (non-hydrogen) atoms. The summed E-state index contributed by atoms with van der Waals surface area (Å²) in [6, 6.07) is 5.77. The summed E-state index contributed by atoms with van der Waals surface area (Å²) in [6.45, 7) is 4.15. The Morgan fingerprint density at radius 1 is 1.33 bits per heavy atom. The van der Waals surface area contributed by atoms with Crippen LogP contribution < -0.4 is 0 Å². The van der Waals surface area contributed by atoms with Gasteiger partial charge >= 0.3 is 5.97 Å². The van der Waals surface area contributed by atoms with Gasteiger partial charge in [0.25, 0.3) is 0 Å². The highest BCUT2D eigenvalue weighted by Gasteiger charge is 2.46. The van der Waals surface area contributed by atoms with Gasteiger partial charge in [0.1, 0.15) is 0 Å². The molecule has 1 aliphatic carbocycles. The predicted octanol–water partition coefficient (Wildman–Crippen LogP) is 2.68. The molecule has 0 aromatic heterocycles. The maximum atomic E-state index is 11.6. The van der Waals surface area contributed by atoms with Gasteiger partial charge in [0.05, 0.1) is 18.6 Å². The van der Waals surface area contributed by atoms with Crippen molar-refractivity contribution in [2.75, 3.05) is 26.3 Å². The van der Waals surface area contributed by atoms with Gasteiger partial charge in [-0.2, -0.15) is 0 Å². The molecule has 0 atom stereocenters. The number of carboxylic acids is 1. The van der Waals surface area contributed by atoms with E-state index in [1.165, 1.54) is 0 Å². The van der Waals surface area contributed by atoms with Crippen LogP contribution in [0.5, 0.6) is 0 Å². The smallest absolute Gasteiger partial charge is 0.314 e. The molecule has 5 heteroatoms. The first-order chi connectivity index (χ1) is 10.1. The third kappa shape index (κ3) is 2.80. The van der Waals surface area contributed by atoms with Gasteiger partial charge in [-0.3, -0.25) is 9.69 Å². The SMILES string of the molecule is O=C(O)C1(c2ccc(CN3CCOCC3)c(Cl)c2)CCC1. The normalized spacial score (nSPS) is 21.8. The molecule has 2 aliphatic rings. The number of morpholine rings is 1. The van der Waals surface area contributed by atoms with Crippen molar-refractivity contribution in [3.05, 3.63) is 34.3 Å². The molecule has 0 radical (unpaired) electrons. The minimum Gasteiger partial charge on any atom is -0.481 e. The number of hydrogen-bond acceptors (Lipinski definition) is 3. The summed E-state index contributed by atoms with van der Waals surface area (Å²) in [4.78, 5) is 13.9. The van der Waals surface area contributed by atoms with Crippen LogP contribution >= 0.6 is 11.6 Å². The van der Waals surface area contributed by atoms with Gasteiger partial charge < -0.3 is 9.84 Å². The molecule has 1 aliphatic heterocycles. The summed E-state index contributed by atoms with van der Waals surface area (Å²) in [6.07, 6.45) is 2.39. The zero-order valence-electron chi connectivity index (χ0n) is 12.0. The Bertz CT molecular complexity index is 536. The lowest BCUT2D eigenvalue weighted by Gasteiger charge is -2.38. The molecule has 0 bridgehead atoms. The topological polar surface area (TPSA) is 49.8 Å². The second-order valence-electron chi connectivity index (χ2n) is 5.94. The summed E-state index contributed by atoms with van der Waals surface area (Å²) < 4.78 is 5.34. The van der Waals surface area contributed by atoms with Crippen molar-refractivity contribution in [2.45, 2.75) is 31.2 Å². The van der Waals surface area contributed by atoms with Crippen molar-refractivity contribution in [2.24, 2.45) is 0 Å². The Labute approximate surface area is 129 Å². The zero-order chi connectivity index (χ0) is 14.9. The lowest BCUT2D eigenvalue weighted by atomic mass is 9.64. The molecule has 114 valence electrons. The van der Waals surface area contributed by atoms with Gasteiger partial charge in [-0.25, -0.2) is 0 Å². The van der Waals surface area contributed by atoms with E-state index in [-0.39, 0.29) is 0 Å². The van der Waals surface area contributed by atoms with E-state index in [9.17, 15) is 9.90 Å². The monoisotopic (exact) mass is 309 g/mol. The highest BCUT2D eigenvalue weighted by molar-refractivity contribution is 6.31. The van der Waals surface area contributed by atoms with Gasteiger partial charge in [-0.05, 0) is 30.0 Å². The van der Waals surface area contributed by atoms with Gasteiger partial charge in [-0.1, -0.05) is 30.2 Å². The highest BCUT2D eigenvalue weighted by atomic mass is 35.5.